The highest BCUT2D eigenvalue weighted by Crippen LogP contribution is 2.32. The van der Waals surface area contributed by atoms with Crippen molar-refractivity contribution < 1.29 is 19.1 Å². The number of rotatable bonds is 5. The lowest BCUT2D eigenvalue weighted by molar-refractivity contribution is -0.123. The Hall–Kier alpha value is -2.86. The van der Waals surface area contributed by atoms with Crippen molar-refractivity contribution in [3.8, 4) is 5.75 Å². The van der Waals surface area contributed by atoms with Crippen molar-refractivity contribution in [3.63, 3.8) is 0 Å². The van der Waals surface area contributed by atoms with Crippen molar-refractivity contribution in [3.05, 3.63) is 59.1 Å². The molecule has 1 saturated carbocycles. The Morgan fingerprint density at radius 2 is 1.59 bits per heavy atom. The summed E-state index contributed by atoms with van der Waals surface area (Å²) >= 11 is 5.97. The van der Waals surface area contributed by atoms with Gasteiger partial charge in [-0.1, -0.05) is 37.3 Å². The van der Waals surface area contributed by atoms with Crippen LogP contribution < -0.4 is 9.64 Å². The molecule has 0 spiro atoms. The predicted molar refractivity (Wildman–Crippen MR) is 123 cm³/mol. The zero-order valence-electron chi connectivity index (χ0n) is 18.1. The van der Waals surface area contributed by atoms with Crippen LogP contribution in [0.3, 0.4) is 0 Å². The lowest BCUT2D eigenvalue weighted by Crippen LogP contribution is -2.50. The Bertz CT molecular complexity index is 982. The largest absolute Gasteiger partial charge is 0.497 e. The maximum Gasteiger partial charge on any atom is 0.257 e. The highest BCUT2D eigenvalue weighted by molar-refractivity contribution is 6.31. The maximum atomic E-state index is 13.7. The molecule has 1 aliphatic carbocycles. The topological polar surface area (TPSA) is 66.9 Å². The van der Waals surface area contributed by atoms with Crippen molar-refractivity contribution in [2.45, 2.75) is 57.0 Å². The fourth-order valence-corrected chi connectivity index (χ4v) is 4.80. The summed E-state index contributed by atoms with van der Waals surface area (Å²) in [6.07, 6.45) is 5.91. The van der Waals surface area contributed by atoms with E-state index in [2.05, 4.69) is 0 Å². The van der Waals surface area contributed by atoms with Crippen LogP contribution in [-0.2, 0) is 9.59 Å². The molecule has 2 aromatic rings. The van der Waals surface area contributed by atoms with E-state index in [0.717, 1.165) is 38.5 Å². The summed E-state index contributed by atoms with van der Waals surface area (Å²) in [6, 6.07) is 12.6. The summed E-state index contributed by atoms with van der Waals surface area (Å²) in [5.74, 6) is -0.223. The molecule has 2 aliphatic rings. The van der Waals surface area contributed by atoms with Crippen molar-refractivity contribution in [2.75, 3.05) is 12.0 Å². The molecule has 1 heterocycles. The van der Waals surface area contributed by atoms with Crippen molar-refractivity contribution >= 4 is 35.0 Å². The molecule has 2 fully saturated rings. The number of carbonyl (C=O) groups excluding carboxylic acids is 3. The van der Waals surface area contributed by atoms with Gasteiger partial charge in [0.1, 0.15) is 11.8 Å². The average Bonchev–Trinajstić information content (AvgIpc) is 2.97. The van der Waals surface area contributed by atoms with Gasteiger partial charge in [0, 0.05) is 16.6 Å². The van der Waals surface area contributed by atoms with E-state index in [1.54, 1.807) is 60.5 Å². The molecule has 0 bridgehead atoms. The Morgan fingerprint density at radius 3 is 2.19 bits per heavy atom. The van der Waals surface area contributed by atoms with Gasteiger partial charge in [0.25, 0.3) is 11.8 Å². The Morgan fingerprint density at radius 1 is 0.969 bits per heavy atom. The molecular weight excluding hydrogens is 428 g/mol. The highest BCUT2D eigenvalue weighted by Gasteiger charge is 2.46. The molecule has 1 atom stereocenters. The third kappa shape index (κ3) is 4.51. The van der Waals surface area contributed by atoms with Crippen LogP contribution in [0.2, 0.25) is 5.02 Å². The normalized spacial score (nSPS) is 19.7. The fraction of sp³-hybridized carbons (Fsp3) is 0.400. The number of nitrogens with zero attached hydrogens (tertiary/aromatic N) is 2. The summed E-state index contributed by atoms with van der Waals surface area (Å²) < 4.78 is 5.20. The summed E-state index contributed by atoms with van der Waals surface area (Å²) in [7, 11) is 1.57. The molecular formula is C25H27ClN2O4. The number of hydrogen-bond donors (Lipinski definition) is 0. The molecule has 0 N–H and O–H groups in total. The summed E-state index contributed by atoms with van der Waals surface area (Å²) in [4.78, 5) is 42.9. The first-order valence-corrected chi connectivity index (χ1v) is 11.5. The van der Waals surface area contributed by atoms with Gasteiger partial charge in [-0.3, -0.25) is 14.4 Å². The van der Waals surface area contributed by atoms with Crippen LogP contribution in [0.25, 0.3) is 0 Å². The number of imide groups is 1. The Labute approximate surface area is 193 Å². The van der Waals surface area contributed by atoms with Crippen LogP contribution in [0.5, 0.6) is 5.75 Å². The second-order valence-corrected chi connectivity index (χ2v) is 8.79. The number of carbonyl (C=O) groups is 3. The zero-order chi connectivity index (χ0) is 22.7. The molecule has 2 aromatic carbocycles. The van der Waals surface area contributed by atoms with Gasteiger partial charge in [-0.15, -0.1) is 0 Å². The average molecular weight is 455 g/mol. The molecule has 4 rings (SSSR count). The monoisotopic (exact) mass is 454 g/mol. The smallest absolute Gasteiger partial charge is 0.257 e. The van der Waals surface area contributed by atoms with Gasteiger partial charge in [-0.25, -0.2) is 4.90 Å². The highest BCUT2D eigenvalue weighted by atomic mass is 35.5. The first-order chi connectivity index (χ1) is 15.5. The number of halogens is 1. The van der Waals surface area contributed by atoms with Gasteiger partial charge in [0.15, 0.2) is 0 Å². The number of methoxy groups -OCH3 is 1. The van der Waals surface area contributed by atoms with Crippen LogP contribution in [0.1, 0.15) is 55.3 Å². The SMILES string of the molecule is COc1ccc(C(=O)N(C2CCCCCC2)C2CC(=O)N(c3ccc(Cl)cc3)C2=O)cc1. The van der Waals surface area contributed by atoms with Crippen LogP contribution in [0.4, 0.5) is 5.69 Å². The molecule has 1 aliphatic heterocycles. The maximum absolute atomic E-state index is 13.7. The molecule has 32 heavy (non-hydrogen) atoms. The predicted octanol–water partition coefficient (Wildman–Crippen LogP) is 4.85. The van der Waals surface area contributed by atoms with Crippen LogP contribution in [-0.4, -0.2) is 41.8 Å². The molecule has 1 saturated heterocycles. The summed E-state index contributed by atoms with van der Waals surface area (Å²) in [5.41, 5.74) is 0.963. The van der Waals surface area contributed by atoms with Crippen molar-refractivity contribution in [2.24, 2.45) is 0 Å². The minimum Gasteiger partial charge on any atom is -0.497 e. The molecule has 1 unspecified atom stereocenters. The number of anilines is 1. The van der Waals surface area contributed by atoms with E-state index in [4.69, 9.17) is 16.3 Å². The van der Waals surface area contributed by atoms with E-state index in [1.807, 2.05) is 0 Å². The standard InChI is InChI=1S/C25H27ClN2O4/c1-32-21-14-8-17(9-15-21)24(30)27(19-6-4-2-3-5-7-19)22-16-23(29)28(25(22)31)20-12-10-18(26)11-13-20/h8-15,19,22H,2-7,16H2,1H3. The minimum absolute atomic E-state index is 0.0140. The lowest BCUT2D eigenvalue weighted by atomic mass is 10.0. The fourth-order valence-electron chi connectivity index (χ4n) is 4.68. The molecule has 3 amide bonds. The van der Waals surface area contributed by atoms with Gasteiger partial charge in [-0.05, 0) is 61.4 Å². The minimum atomic E-state index is -0.809. The first kappa shape index (κ1) is 22.3. The number of amides is 3. The van der Waals surface area contributed by atoms with Gasteiger partial charge in [0.2, 0.25) is 5.91 Å². The van der Waals surface area contributed by atoms with E-state index in [-0.39, 0.29) is 30.2 Å². The molecule has 0 aromatic heterocycles. The van der Waals surface area contributed by atoms with E-state index in [0.29, 0.717) is 22.0 Å². The summed E-state index contributed by atoms with van der Waals surface area (Å²) in [5, 5.41) is 0.527. The van der Waals surface area contributed by atoms with Gasteiger partial charge in [0.05, 0.1) is 19.2 Å². The molecule has 0 radical (unpaired) electrons. The number of benzene rings is 2. The van der Waals surface area contributed by atoms with Crippen LogP contribution in [0.15, 0.2) is 48.5 Å². The summed E-state index contributed by atoms with van der Waals surface area (Å²) in [6.45, 7) is 0. The van der Waals surface area contributed by atoms with E-state index in [1.165, 1.54) is 4.90 Å². The Kier molecular flexibility index (Phi) is 6.80. The van der Waals surface area contributed by atoms with E-state index in [9.17, 15) is 14.4 Å². The molecule has 7 heteroatoms. The van der Waals surface area contributed by atoms with Crippen molar-refractivity contribution in [1.29, 1.82) is 0 Å². The first-order valence-electron chi connectivity index (χ1n) is 11.1. The van der Waals surface area contributed by atoms with E-state index < -0.39 is 6.04 Å². The lowest BCUT2D eigenvalue weighted by Gasteiger charge is -2.35. The molecule has 168 valence electrons. The van der Waals surface area contributed by atoms with E-state index >= 15 is 0 Å². The third-order valence-electron chi connectivity index (χ3n) is 6.33. The second kappa shape index (κ2) is 9.74. The van der Waals surface area contributed by atoms with Crippen LogP contribution in [0, 0.1) is 0 Å². The second-order valence-electron chi connectivity index (χ2n) is 8.35. The zero-order valence-corrected chi connectivity index (χ0v) is 18.9. The quantitative estimate of drug-likeness (QED) is 0.478. The molecule has 6 nitrogen and oxygen atoms in total. The van der Waals surface area contributed by atoms with Gasteiger partial charge in [-0.2, -0.15) is 0 Å². The van der Waals surface area contributed by atoms with Gasteiger partial charge < -0.3 is 9.64 Å². The van der Waals surface area contributed by atoms with Crippen LogP contribution >= 0.6 is 11.6 Å². The third-order valence-corrected chi connectivity index (χ3v) is 6.58. The number of ether oxygens (including phenoxy) is 1. The van der Waals surface area contributed by atoms with Crippen molar-refractivity contribution in [1.82, 2.24) is 4.90 Å². The van der Waals surface area contributed by atoms with Gasteiger partial charge >= 0.3 is 0 Å². The Balaban J connectivity index is 1.67. The number of hydrogen-bond acceptors (Lipinski definition) is 4.